The van der Waals surface area contributed by atoms with E-state index in [-0.39, 0.29) is 16.4 Å². The predicted octanol–water partition coefficient (Wildman–Crippen LogP) is 6.62. The van der Waals surface area contributed by atoms with E-state index in [9.17, 15) is 17.6 Å². The zero-order chi connectivity index (χ0) is 20.6. The summed E-state index contributed by atoms with van der Waals surface area (Å²) in [6.07, 6.45) is -1.41. The van der Waals surface area contributed by atoms with Gasteiger partial charge >= 0.3 is 6.18 Å². The number of imidazole rings is 1. The molecule has 0 saturated carbocycles. The van der Waals surface area contributed by atoms with Gasteiger partial charge in [0.15, 0.2) is 0 Å². The molecule has 0 unspecified atom stereocenters. The van der Waals surface area contributed by atoms with E-state index in [2.05, 4.69) is 15.0 Å². The molecule has 0 atom stereocenters. The zero-order valence-corrected chi connectivity index (χ0v) is 15.4. The Morgan fingerprint density at radius 2 is 1.48 bits per heavy atom. The maximum absolute atomic E-state index is 13.3. The Bertz CT molecular complexity index is 1150. The van der Waals surface area contributed by atoms with Gasteiger partial charge in [-0.1, -0.05) is 11.6 Å². The molecule has 0 aliphatic carbocycles. The van der Waals surface area contributed by atoms with Crippen LogP contribution in [0.15, 0.2) is 67.0 Å². The number of pyridine rings is 1. The molecule has 146 valence electrons. The number of H-pyrrole nitrogens is 1. The lowest BCUT2D eigenvalue weighted by atomic mass is 10.1. The van der Waals surface area contributed by atoms with Gasteiger partial charge < -0.3 is 4.98 Å². The smallest absolute Gasteiger partial charge is 0.337 e. The van der Waals surface area contributed by atoms with Crippen molar-refractivity contribution in [3.05, 3.63) is 83.4 Å². The van der Waals surface area contributed by atoms with Gasteiger partial charge in [-0.25, -0.2) is 9.37 Å². The highest BCUT2D eigenvalue weighted by Crippen LogP contribution is 2.38. The van der Waals surface area contributed by atoms with E-state index in [1.807, 2.05) is 0 Å². The van der Waals surface area contributed by atoms with Crippen molar-refractivity contribution in [1.29, 1.82) is 0 Å². The monoisotopic (exact) mass is 417 g/mol. The fourth-order valence-corrected chi connectivity index (χ4v) is 3.17. The number of hydrogen-bond acceptors (Lipinski definition) is 2. The molecule has 0 saturated heterocycles. The molecule has 0 radical (unpaired) electrons. The summed E-state index contributed by atoms with van der Waals surface area (Å²) in [7, 11) is 0. The minimum Gasteiger partial charge on any atom is -0.337 e. The second-order valence-corrected chi connectivity index (χ2v) is 6.65. The quantitative estimate of drug-likeness (QED) is 0.381. The molecule has 4 rings (SSSR count). The number of halogens is 5. The third-order valence-electron chi connectivity index (χ3n) is 4.34. The summed E-state index contributed by atoms with van der Waals surface area (Å²) in [5.41, 5.74) is 1.70. The lowest BCUT2D eigenvalue weighted by Crippen LogP contribution is -2.06. The van der Waals surface area contributed by atoms with Crippen LogP contribution in [-0.2, 0) is 6.18 Å². The molecule has 0 amide bonds. The average molecular weight is 418 g/mol. The van der Waals surface area contributed by atoms with Crippen molar-refractivity contribution >= 4 is 11.6 Å². The van der Waals surface area contributed by atoms with Crippen LogP contribution in [0.3, 0.4) is 0 Å². The Morgan fingerprint density at radius 3 is 2.14 bits per heavy atom. The van der Waals surface area contributed by atoms with Gasteiger partial charge in [0.1, 0.15) is 11.6 Å². The van der Waals surface area contributed by atoms with Crippen molar-refractivity contribution in [1.82, 2.24) is 15.0 Å². The highest BCUT2D eigenvalue weighted by atomic mass is 35.5. The first-order valence-corrected chi connectivity index (χ1v) is 8.84. The Labute approximate surface area is 168 Å². The molecular weight excluding hydrogens is 406 g/mol. The van der Waals surface area contributed by atoms with Gasteiger partial charge in [-0.05, 0) is 54.6 Å². The molecule has 0 spiro atoms. The second kappa shape index (κ2) is 7.33. The molecule has 3 nitrogen and oxygen atoms in total. The molecule has 2 aromatic carbocycles. The molecule has 2 heterocycles. The molecule has 8 heteroatoms. The van der Waals surface area contributed by atoms with Crippen molar-refractivity contribution in [3.8, 4) is 33.9 Å². The van der Waals surface area contributed by atoms with E-state index in [4.69, 9.17) is 11.6 Å². The number of nitrogens with one attached hydrogen (secondary N) is 1. The number of rotatable bonds is 3. The third kappa shape index (κ3) is 3.86. The first-order chi connectivity index (χ1) is 13.8. The van der Waals surface area contributed by atoms with Gasteiger partial charge in [0.05, 0.1) is 22.0 Å². The SMILES string of the molecule is Fc1ccc(-c2nc(-c3ccc(Cl)c(C(F)(F)F)c3)[nH]c2-c2ccncc2)cc1. The lowest BCUT2D eigenvalue weighted by molar-refractivity contribution is -0.137. The number of alkyl halides is 3. The molecule has 4 aromatic rings. The number of benzene rings is 2. The Kier molecular flexibility index (Phi) is 4.84. The number of aromatic nitrogens is 3. The summed E-state index contributed by atoms with van der Waals surface area (Å²) >= 11 is 5.72. The Balaban J connectivity index is 1.89. The van der Waals surface area contributed by atoms with Gasteiger partial charge in [0.25, 0.3) is 0 Å². The Hall–Kier alpha value is -3.19. The van der Waals surface area contributed by atoms with Crippen molar-refractivity contribution in [2.45, 2.75) is 6.18 Å². The van der Waals surface area contributed by atoms with E-state index in [0.717, 1.165) is 11.6 Å². The van der Waals surface area contributed by atoms with Crippen LogP contribution in [0.5, 0.6) is 0 Å². The van der Waals surface area contributed by atoms with Crippen molar-refractivity contribution < 1.29 is 17.6 Å². The van der Waals surface area contributed by atoms with Gasteiger partial charge in [0, 0.05) is 29.1 Å². The fraction of sp³-hybridized carbons (Fsp3) is 0.0476. The normalized spacial score (nSPS) is 11.6. The van der Waals surface area contributed by atoms with Crippen LogP contribution in [0.25, 0.3) is 33.9 Å². The van der Waals surface area contributed by atoms with Crippen LogP contribution in [0, 0.1) is 5.82 Å². The van der Waals surface area contributed by atoms with Crippen molar-refractivity contribution in [2.75, 3.05) is 0 Å². The van der Waals surface area contributed by atoms with E-state index >= 15 is 0 Å². The van der Waals surface area contributed by atoms with Crippen molar-refractivity contribution in [2.24, 2.45) is 0 Å². The van der Waals surface area contributed by atoms with Crippen LogP contribution in [0.1, 0.15) is 5.56 Å². The van der Waals surface area contributed by atoms with E-state index < -0.39 is 17.6 Å². The van der Waals surface area contributed by atoms with Crippen LogP contribution in [0.2, 0.25) is 5.02 Å². The maximum atomic E-state index is 13.3. The molecule has 29 heavy (non-hydrogen) atoms. The van der Waals surface area contributed by atoms with Crippen LogP contribution in [0.4, 0.5) is 17.6 Å². The van der Waals surface area contributed by atoms with Gasteiger partial charge in [-0.15, -0.1) is 0 Å². The van der Waals surface area contributed by atoms with Gasteiger partial charge in [-0.2, -0.15) is 13.2 Å². The molecule has 0 aliphatic heterocycles. The standard InChI is InChI=1S/C21H12ClF4N3/c22-17-6-3-14(11-16(17)21(24,25)26)20-28-18(12-1-4-15(23)5-2-12)19(29-20)13-7-9-27-10-8-13/h1-11H,(H,28,29). The predicted molar refractivity (Wildman–Crippen MR) is 103 cm³/mol. The molecule has 0 fully saturated rings. The van der Waals surface area contributed by atoms with Gasteiger partial charge in [0.2, 0.25) is 0 Å². The summed E-state index contributed by atoms with van der Waals surface area (Å²) in [4.78, 5) is 11.6. The van der Waals surface area contributed by atoms with E-state index in [1.165, 1.54) is 24.3 Å². The summed E-state index contributed by atoms with van der Waals surface area (Å²) in [6, 6.07) is 12.8. The molecule has 0 bridgehead atoms. The zero-order valence-electron chi connectivity index (χ0n) is 14.6. The highest BCUT2D eigenvalue weighted by molar-refractivity contribution is 6.31. The van der Waals surface area contributed by atoms with E-state index in [1.54, 1.807) is 36.7 Å². The number of aromatic amines is 1. The largest absolute Gasteiger partial charge is 0.417 e. The third-order valence-corrected chi connectivity index (χ3v) is 4.67. The summed E-state index contributed by atoms with van der Waals surface area (Å²) < 4.78 is 53.1. The summed E-state index contributed by atoms with van der Waals surface area (Å²) in [6.45, 7) is 0. The molecule has 2 aromatic heterocycles. The second-order valence-electron chi connectivity index (χ2n) is 6.24. The molecule has 0 aliphatic rings. The Morgan fingerprint density at radius 1 is 0.828 bits per heavy atom. The fourth-order valence-electron chi connectivity index (χ4n) is 2.94. The average Bonchev–Trinajstić information content (AvgIpc) is 3.14. The first-order valence-electron chi connectivity index (χ1n) is 8.46. The summed E-state index contributed by atoms with van der Waals surface area (Å²) in [5.74, 6) is -0.166. The lowest BCUT2D eigenvalue weighted by Gasteiger charge is -2.09. The molecular formula is C21H12ClF4N3. The van der Waals surface area contributed by atoms with Gasteiger partial charge in [-0.3, -0.25) is 4.98 Å². The number of hydrogen-bond donors (Lipinski definition) is 1. The van der Waals surface area contributed by atoms with E-state index in [0.29, 0.717) is 17.0 Å². The van der Waals surface area contributed by atoms with Crippen LogP contribution < -0.4 is 0 Å². The maximum Gasteiger partial charge on any atom is 0.417 e. The first kappa shape index (κ1) is 19.1. The minimum atomic E-state index is -4.59. The van der Waals surface area contributed by atoms with Crippen LogP contribution >= 0.6 is 11.6 Å². The highest BCUT2D eigenvalue weighted by Gasteiger charge is 2.33. The molecule has 1 N–H and O–H groups in total. The number of nitrogens with zero attached hydrogens (tertiary/aromatic N) is 2. The van der Waals surface area contributed by atoms with Crippen molar-refractivity contribution in [3.63, 3.8) is 0 Å². The minimum absolute atomic E-state index is 0.227. The van der Waals surface area contributed by atoms with Crippen LogP contribution in [-0.4, -0.2) is 15.0 Å². The summed E-state index contributed by atoms with van der Waals surface area (Å²) in [5, 5.41) is -0.388. The topological polar surface area (TPSA) is 41.6 Å².